The van der Waals surface area contributed by atoms with E-state index in [2.05, 4.69) is 0 Å². The molecule has 0 spiro atoms. The van der Waals surface area contributed by atoms with Gasteiger partial charge in [-0.25, -0.2) is 8.78 Å². The fourth-order valence-electron chi connectivity index (χ4n) is 2.89. The van der Waals surface area contributed by atoms with Gasteiger partial charge in [-0.05, 0) is 24.6 Å². The number of likely N-dealkylation sites (N-methyl/N-ethyl adjacent to an activating group) is 1. The average Bonchev–Trinajstić information content (AvgIpc) is 2.94. The summed E-state index contributed by atoms with van der Waals surface area (Å²) in [6.45, 7) is -0.653. The number of hydrogen-bond acceptors (Lipinski definition) is 3. The summed E-state index contributed by atoms with van der Waals surface area (Å²) >= 11 is 7.22. The van der Waals surface area contributed by atoms with Crippen LogP contribution in [-0.2, 0) is 9.59 Å². The van der Waals surface area contributed by atoms with Crippen LogP contribution in [0.15, 0.2) is 23.1 Å². The van der Waals surface area contributed by atoms with Gasteiger partial charge in [0.2, 0.25) is 5.91 Å². The smallest absolute Gasteiger partial charge is 0.259 e. The maximum absolute atomic E-state index is 12.7. The van der Waals surface area contributed by atoms with Gasteiger partial charge in [0.15, 0.2) is 4.87 Å². The van der Waals surface area contributed by atoms with Crippen LogP contribution in [0, 0.1) is 0 Å². The van der Waals surface area contributed by atoms with Gasteiger partial charge >= 0.3 is 0 Å². The minimum absolute atomic E-state index is 0.188. The summed E-state index contributed by atoms with van der Waals surface area (Å²) in [7, 11) is 1.33. The van der Waals surface area contributed by atoms with Gasteiger partial charge in [0, 0.05) is 23.4 Å². The minimum Gasteiger partial charge on any atom is -0.337 e. The van der Waals surface area contributed by atoms with E-state index in [1.165, 1.54) is 23.7 Å². The van der Waals surface area contributed by atoms with Gasteiger partial charge in [0.25, 0.3) is 12.3 Å². The maximum atomic E-state index is 12.7. The molecule has 1 fully saturated rings. The topological polar surface area (TPSA) is 40.6 Å². The molecule has 0 radical (unpaired) electrons. The Balaban J connectivity index is 2.00. The zero-order valence-electron chi connectivity index (χ0n) is 11.7. The van der Waals surface area contributed by atoms with E-state index >= 15 is 0 Å². The van der Waals surface area contributed by atoms with Crippen molar-refractivity contribution in [2.45, 2.75) is 29.0 Å². The Morgan fingerprint density at radius 3 is 2.95 bits per heavy atom. The van der Waals surface area contributed by atoms with Crippen LogP contribution in [0.25, 0.3) is 0 Å². The molecule has 8 heteroatoms. The van der Waals surface area contributed by atoms with Crippen LogP contribution in [0.5, 0.6) is 0 Å². The third-order valence-corrected chi connectivity index (χ3v) is 5.52. The van der Waals surface area contributed by atoms with E-state index in [-0.39, 0.29) is 12.3 Å². The first-order chi connectivity index (χ1) is 10.3. The number of alkyl halides is 2. The van der Waals surface area contributed by atoms with Gasteiger partial charge in [-0.1, -0.05) is 23.4 Å². The quantitative estimate of drug-likeness (QED) is 0.844. The number of nitrogens with zero attached hydrogens (tertiary/aromatic N) is 2. The summed E-state index contributed by atoms with van der Waals surface area (Å²) in [5.74, 6) is -0.664. The third kappa shape index (κ3) is 2.27. The molecule has 2 heterocycles. The second-order valence-corrected chi connectivity index (χ2v) is 7.06. The average molecular weight is 347 g/mol. The van der Waals surface area contributed by atoms with E-state index < -0.39 is 23.7 Å². The number of thioether (sulfide) groups is 1. The number of amides is 2. The highest BCUT2D eigenvalue weighted by Crippen LogP contribution is 2.56. The maximum Gasteiger partial charge on any atom is 0.259 e. The Bertz CT molecular complexity index is 658. The van der Waals surface area contributed by atoms with Crippen LogP contribution in [0.2, 0.25) is 5.02 Å². The predicted octanol–water partition coefficient (Wildman–Crippen LogP) is 2.99. The van der Waals surface area contributed by atoms with Crippen LogP contribution in [0.1, 0.15) is 12.8 Å². The fourth-order valence-corrected chi connectivity index (χ4v) is 4.55. The fraction of sp³-hybridized carbons (Fsp3) is 0.429. The van der Waals surface area contributed by atoms with Crippen molar-refractivity contribution >= 4 is 40.9 Å². The SMILES string of the molecule is CN(CC(F)F)C(=O)C12CCC(=O)N1c1cc(Cl)ccc1S2. The van der Waals surface area contributed by atoms with Crippen LogP contribution < -0.4 is 4.90 Å². The molecule has 0 saturated carbocycles. The summed E-state index contributed by atoms with van der Waals surface area (Å²) in [5, 5.41) is 0.461. The third-order valence-electron chi connectivity index (χ3n) is 3.82. The first-order valence-corrected chi connectivity index (χ1v) is 7.90. The Kier molecular flexibility index (Phi) is 3.81. The lowest BCUT2D eigenvalue weighted by Gasteiger charge is -2.33. The highest BCUT2D eigenvalue weighted by Gasteiger charge is 2.58. The number of hydrogen-bond donors (Lipinski definition) is 0. The van der Waals surface area contributed by atoms with E-state index in [9.17, 15) is 18.4 Å². The molecule has 0 bridgehead atoms. The molecule has 3 rings (SSSR count). The van der Waals surface area contributed by atoms with Crippen molar-refractivity contribution in [3.8, 4) is 0 Å². The molecule has 2 aliphatic rings. The molecule has 1 unspecified atom stereocenters. The van der Waals surface area contributed by atoms with Crippen LogP contribution in [0.3, 0.4) is 0 Å². The molecule has 2 amide bonds. The number of carbonyl (C=O) groups is 2. The van der Waals surface area contributed by atoms with Crippen molar-refractivity contribution in [1.82, 2.24) is 4.90 Å². The summed E-state index contributed by atoms with van der Waals surface area (Å²) in [6.07, 6.45) is -2.10. The van der Waals surface area contributed by atoms with E-state index in [1.807, 2.05) is 0 Å². The molecular weight excluding hydrogens is 334 g/mol. The van der Waals surface area contributed by atoms with Gasteiger partial charge in [-0.2, -0.15) is 0 Å². The standard InChI is InChI=1S/C14H13ClF2N2O2S/c1-18(7-11(16)17)13(21)14-5-4-12(20)19(14)9-6-8(15)2-3-10(9)22-14/h2-3,6,11H,4-5,7H2,1H3. The predicted molar refractivity (Wildman–Crippen MR) is 80.4 cm³/mol. The second kappa shape index (κ2) is 5.38. The highest BCUT2D eigenvalue weighted by molar-refractivity contribution is 8.02. The van der Waals surface area contributed by atoms with E-state index in [4.69, 9.17) is 11.6 Å². The first kappa shape index (κ1) is 15.6. The zero-order chi connectivity index (χ0) is 16.1. The van der Waals surface area contributed by atoms with Gasteiger partial charge in [0.1, 0.15) is 0 Å². The number of halogens is 3. The van der Waals surface area contributed by atoms with Gasteiger partial charge in [0.05, 0.1) is 12.2 Å². The molecule has 22 heavy (non-hydrogen) atoms. The lowest BCUT2D eigenvalue weighted by atomic mass is 10.1. The van der Waals surface area contributed by atoms with Crippen LogP contribution in [-0.4, -0.2) is 41.6 Å². The Labute approximate surface area is 135 Å². The summed E-state index contributed by atoms with van der Waals surface area (Å²) in [4.78, 5) is 27.0. The molecule has 2 aliphatic heterocycles. The minimum atomic E-state index is -2.61. The van der Waals surface area contributed by atoms with Crippen molar-refractivity contribution in [2.24, 2.45) is 0 Å². The molecule has 0 N–H and O–H groups in total. The molecule has 1 atom stereocenters. The van der Waals surface area contributed by atoms with Crippen molar-refractivity contribution in [3.63, 3.8) is 0 Å². The molecule has 118 valence electrons. The van der Waals surface area contributed by atoms with Crippen molar-refractivity contribution in [2.75, 3.05) is 18.5 Å². The normalized spacial score (nSPS) is 23.0. The van der Waals surface area contributed by atoms with Crippen molar-refractivity contribution < 1.29 is 18.4 Å². The largest absolute Gasteiger partial charge is 0.337 e. The zero-order valence-corrected chi connectivity index (χ0v) is 13.3. The molecule has 1 aromatic carbocycles. The monoisotopic (exact) mass is 346 g/mol. The Morgan fingerprint density at radius 1 is 1.55 bits per heavy atom. The van der Waals surface area contributed by atoms with Crippen molar-refractivity contribution in [3.05, 3.63) is 23.2 Å². The molecule has 1 saturated heterocycles. The van der Waals surface area contributed by atoms with Gasteiger partial charge in [-0.3, -0.25) is 14.5 Å². The van der Waals surface area contributed by atoms with Crippen LogP contribution in [0.4, 0.5) is 14.5 Å². The molecular formula is C14H13ClF2N2O2S. The Hall–Kier alpha value is -1.34. The lowest BCUT2D eigenvalue weighted by Crippen LogP contribution is -2.53. The summed E-state index contributed by atoms with van der Waals surface area (Å²) in [5.41, 5.74) is 0.582. The molecule has 0 aromatic heterocycles. The lowest BCUT2D eigenvalue weighted by molar-refractivity contribution is -0.134. The molecule has 4 nitrogen and oxygen atoms in total. The number of benzene rings is 1. The number of anilines is 1. The van der Waals surface area contributed by atoms with Crippen molar-refractivity contribution in [1.29, 1.82) is 0 Å². The number of fused-ring (bicyclic) bond motifs is 3. The van der Waals surface area contributed by atoms with E-state index in [0.717, 1.165) is 9.80 Å². The molecule has 0 aliphatic carbocycles. The number of rotatable bonds is 3. The molecule has 1 aromatic rings. The first-order valence-electron chi connectivity index (χ1n) is 6.70. The van der Waals surface area contributed by atoms with Gasteiger partial charge < -0.3 is 4.90 Å². The highest BCUT2D eigenvalue weighted by atomic mass is 35.5. The van der Waals surface area contributed by atoms with E-state index in [1.54, 1.807) is 18.2 Å². The van der Waals surface area contributed by atoms with E-state index in [0.29, 0.717) is 17.1 Å². The van der Waals surface area contributed by atoms with Gasteiger partial charge in [-0.15, -0.1) is 0 Å². The number of carbonyl (C=O) groups excluding carboxylic acids is 2. The Morgan fingerprint density at radius 2 is 2.27 bits per heavy atom. The summed E-state index contributed by atoms with van der Waals surface area (Å²) < 4.78 is 25.1. The second-order valence-electron chi connectivity index (χ2n) is 5.30. The summed E-state index contributed by atoms with van der Waals surface area (Å²) in [6, 6.07) is 5.06. The van der Waals surface area contributed by atoms with Crippen LogP contribution >= 0.6 is 23.4 Å².